The molecule has 0 heteroatoms. The van der Waals surface area contributed by atoms with Crippen molar-refractivity contribution in [2.45, 2.75) is 34.1 Å². The third-order valence-electron chi connectivity index (χ3n) is 2.79. The minimum Gasteiger partial charge on any atom is -0.0599 e. The molecule has 0 N–H and O–H groups in total. The minimum absolute atomic E-state index is 0.359. The van der Waals surface area contributed by atoms with Gasteiger partial charge in [0.05, 0.1) is 0 Å². The van der Waals surface area contributed by atoms with E-state index in [9.17, 15) is 0 Å². The van der Waals surface area contributed by atoms with Crippen molar-refractivity contribution in [3.63, 3.8) is 0 Å². The Morgan fingerprint density at radius 1 is 0.875 bits per heavy atom. The SMILES string of the molecule is Cc1ccc2cc(CC(C)(C)C)ccc2c1. The van der Waals surface area contributed by atoms with Gasteiger partial charge >= 0.3 is 0 Å². The summed E-state index contributed by atoms with van der Waals surface area (Å²) >= 11 is 0. The van der Waals surface area contributed by atoms with Crippen molar-refractivity contribution < 1.29 is 0 Å². The number of benzene rings is 2. The van der Waals surface area contributed by atoms with Crippen LogP contribution >= 0.6 is 0 Å². The zero-order valence-electron chi connectivity index (χ0n) is 10.7. The average molecular weight is 212 g/mol. The van der Waals surface area contributed by atoms with Crippen LogP contribution in [0, 0.1) is 12.3 Å². The molecule has 84 valence electrons. The number of fused-ring (bicyclic) bond motifs is 1. The van der Waals surface area contributed by atoms with Gasteiger partial charge in [0.1, 0.15) is 0 Å². The summed E-state index contributed by atoms with van der Waals surface area (Å²) in [5.41, 5.74) is 3.12. The topological polar surface area (TPSA) is 0 Å². The normalized spacial score (nSPS) is 12.0. The molecule has 0 amide bonds. The van der Waals surface area contributed by atoms with E-state index in [0.29, 0.717) is 5.41 Å². The summed E-state index contributed by atoms with van der Waals surface area (Å²) in [4.78, 5) is 0. The van der Waals surface area contributed by atoms with Crippen LogP contribution in [0.4, 0.5) is 0 Å². The molecular weight excluding hydrogens is 192 g/mol. The van der Waals surface area contributed by atoms with E-state index in [1.807, 2.05) is 0 Å². The second kappa shape index (κ2) is 3.93. The summed E-state index contributed by atoms with van der Waals surface area (Å²) in [5.74, 6) is 0. The summed E-state index contributed by atoms with van der Waals surface area (Å²) in [6, 6.07) is 13.5. The predicted molar refractivity (Wildman–Crippen MR) is 71.8 cm³/mol. The molecule has 0 heterocycles. The third-order valence-corrected chi connectivity index (χ3v) is 2.79. The first-order valence-electron chi connectivity index (χ1n) is 5.93. The lowest BCUT2D eigenvalue weighted by atomic mass is 9.87. The fourth-order valence-corrected chi connectivity index (χ4v) is 2.14. The van der Waals surface area contributed by atoms with Crippen LogP contribution in [0.15, 0.2) is 36.4 Å². The van der Waals surface area contributed by atoms with Crippen molar-refractivity contribution >= 4 is 10.8 Å². The lowest BCUT2D eigenvalue weighted by Crippen LogP contribution is -2.08. The van der Waals surface area contributed by atoms with Gasteiger partial charge in [0.25, 0.3) is 0 Å². The molecule has 0 unspecified atom stereocenters. The molecule has 0 aliphatic rings. The maximum atomic E-state index is 2.32. The van der Waals surface area contributed by atoms with Gasteiger partial charge in [-0.2, -0.15) is 0 Å². The monoisotopic (exact) mass is 212 g/mol. The molecule has 0 aliphatic heterocycles. The summed E-state index contributed by atoms with van der Waals surface area (Å²) < 4.78 is 0. The molecule has 0 bridgehead atoms. The van der Waals surface area contributed by atoms with E-state index in [-0.39, 0.29) is 0 Å². The van der Waals surface area contributed by atoms with Crippen LogP contribution < -0.4 is 0 Å². The highest BCUT2D eigenvalue weighted by atomic mass is 14.2. The highest BCUT2D eigenvalue weighted by molar-refractivity contribution is 5.83. The van der Waals surface area contributed by atoms with Gasteiger partial charge in [-0.1, -0.05) is 62.7 Å². The van der Waals surface area contributed by atoms with E-state index in [1.165, 1.54) is 21.9 Å². The van der Waals surface area contributed by atoms with Crippen LogP contribution in [-0.2, 0) is 6.42 Å². The minimum atomic E-state index is 0.359. The van der Waals surface area contributed by atoms with E-state index < -0.39 is 0 Å². The second-order valence-corrected chi connectivity index (χ2v) is 5.92. The van der Waals surface area contributed by atoms with Gasteiger partial charge in [-0.3, -0.25) is 0 Å². The Bertz CT molecular complexity index is 501. The standard InChI is InChI=1S/C16H20/c1-12-5-7-15-10-13(11-16(2,3)4)6-8-14(15)9-12/h5-10H,11H2,1-4H3. The third kappa shape index (κ3) is 2.63. The molecule has 0 aliphatic carbocycles. The van der Waals surface area contributed by atoms with Gasteiger partial charge < -0.3 is 0 Å². The van der Waals surface area contributed by atoms with E-state index in [1.54, 1.807) is 0 Å². The van der Waals surface area contributed by atoms with Crippen molar-refractivity contribution in [3.8, 4) is 0 Å². The number of hydrogen-bond donors (Lipinski definition) is 0. The zero-order valence-corrected chi connectivity index (χ0v) is 10.7. The molecule has 0 nitrogen and oxygen atoms in total. The maximum absolute atomic E-state index is 2.32. The van der Waals surface area contributed by atoms with Crippen LogP contribution in [0.1, 0.15) is 31.9 Å². The Hall–Kier alpha value is -1.30. The lowest BCUT2D eigenvalue weighted by Gasteiger charge is -2.18. The average Bonchev–Trinajstić information content (AvgIpc) is 2.16. The van der Waals surface area contributed by atoms with Gasteiger partial charge in [0.15, 0.2) is 0 Å². The fraction of sp³-hybridized carbons (Fsp3) is 0.375. The van der Waals surface area contributed by atoms with Crippen molar-refractivity contribution in [1.29, 1.82) is 0 Å². The summed E-state index contributed by atoms with van der Waals surface area (Å²) in [6.45, 7) is 8.99. The molecule has 0 fully saturated rings. The highest BCUT2D eigenvalue weighted by Crippen LogP contribution is 2.24. The van der Waals surface area contributed by atoms with Gasteiger partial charge in [-0.15, -0.1) is 0 Å². The molecule has 0 aromatic heterocycles. The number of aryl methyl sites for hydroxylation is 1. The predicted octanol–water partition coefficient (Wildman–Crippen LogP) is 4.74. The largest absolute Gasteiger partial charge is 0.0599 e. The van der Waals surface area contributed by atoms with Crippen molar-refractivity contribution in [2.75, 3.05) is 0 Å². The molecule has 2 aromatic rings. The quantitative estimate of drug-likeness (QED) is 0.640. The van der Waals surface area contributed by atoms with Gasteiger partial charge in [-0.25, -0.2) is 0 Å². The Morgan fingerprint density at radius 3 is 2.19 bits per heavy atom. The molecular formula is C16H20. The fourth-order valence-electron chi connectivity index (χ4n) is 2.14. The summed E-state index contributed by atoms with van der Waals surface area (Å²) in [5, 5.41) is 2.70. The highest BCUT2D eigenvalue weighted by Gasteiger charge is 2.11. The van der Waals surface area contributed by atoms with Crippen LogP contribution in [0.5, 0.6) is 0 Å². The Labute approximate surface area is 98.3 Å². The zero-order chi connectivity index (χ0) is 11.8. The van der Waals surface area contributed by atoms with Crippen LogP contribution in [0.3, 0.4) is 0 Å². The van der Waals surface area contributed by atoms with E-state index >= 15 is 0 Å². The molecule has 0 radical (unpaired) electrons. The Kier molecular flexibility index (Phi) is 2.75. The molecule has 0 saturated carbocycles. The maximum Gasteiger partial charge on any atom is -0.0181 e. The van der Waals surface area contributed by atoms with Gasteiger partial charge in [0, 0.05) is 0 Å². The van der Waals surface area contributed by atoms with Crippen molar-refractivity contribution in [3.05, 3.63) is 47.5 Å². The molecule has 2 aromatic carbocycles. The molecule has 16 heavy (non-hydrogen) atoms. The number of rotatable bonds is 1. The van der Waals surface area contributed by atoms with E-state index in [4.69, 9.17) is 0 Å². The van der Waals surface area contributed by atoms with E-state index in [2.05, 4.69) is 64.1 Å². The lowest BCUT2D eigenvalue weighted by molar-refractivity contribution is 0.411. The Balaban J connectivity index is 2.41. The molecule has 0 spiro atoms. The van der Waals surface area contributed by atoms with Gasteiger partial charge in [0.2, 0.25) is 0 Å². The van der Waals surface area contributed by atoms with Crippen LogP contribution in [-0.4, -0.2) is 0 Å². The van der Waals surface area contributed by atoms with Crippen molar-refractivity contribution in [2.24, 2.45) is 5.41 Å². The number of hydrogen-bond acceptors (Lipinski definition) is 0. The van der Waals surface area contributed by atoms with Crippen molar-refractivity contribution in [1.82, 2.24) is 0 Å². The van der Waals surface area contributed by atoms with Gasteiger partial charge in [-0.05, 0) is 35.1 Å². The first kappa shape index (κ1) is 11.2. The molecule has 0 atom stereocenters. The summed E-state index contributed by atoms with van der Waals surface area (Å²) in [6.07, 6.45) is 1.14. The molecule has 2 rings (SSSR count). The van der Waals surface area contributed by atoms with Crippen LogP contribution in [0.25, 0.3) is 10.8 Å². The second-order valence-electron chi connectivity index (χ2n) is 5.92. The molecule has 0 saturated heterocycles. The smallest absolute Gasteiger partial charge is 0.0181 e. The summed E-state index contributed by atoms with van der Waals surface area (Å²) in [7, 11) is 0. The van der Waals surface area contributed by atoms with E-state index in [0.717, 1.165) is 6.42 Å². The Morgan fingerprint density at radius 2 is 1.50 bits per heavy atom. The first-order valence-corrected chi connectivity index (χ1v) is 5.93. The first-order chi connectivity index (χ1) is 7.44. The van der Waals surface area contributed by atoms with Crippen LogP contribution in [0.2, 0.25) is 0 Å².